The highest BCUT2D eigenvalue weighted by Gasteiger charge is 2.21. The highest BCUT2D eigenvalue weighted by molar-refractivity contribution is 5.96. The van der Waals surface area contributed by atoms with E-state index in [0.29, 0.717) is 31.5 Å². The van der Waals surface area contributed by atoms with E-state index in [9.17, 15) is 19.2 Å². The Morgan fingerprint density at radius 2 is 1.64 bits per heavy atom. The second kappa shape index (κ2) is 9.34. The molecule has 2 fully saturated rings. The summed E-state index contributed by atoms with van der Waals surface area (Å²) in [5, 5.41) is 0. The smallest absolute Gasteiger partial charge is 0.269 e. The van der Waals surface area contributed by atoms with Gasteiger partial charge in [-0.05, 0) is 37.0 Å². The minimum absolute atomic E-state index is 0.0249. The molecule has 2 aliphatic rings. The number of nitrogens with zero attached hydrogens (tertiary/aromatic N) is 2. The molecular weight excluding hydrogens is 360 g/mol. The SMILES string of the molecule is O=C(CN1CCCCCC1=O)NNC(=O)c1cccc(CN2CCCC2=O)c1. The largest absolute Gasteiger partial charge is 0.338 e. The van der Waals surface area contributed by atoms with E-state index in [1.54, 1.807) is 23.1 Å². The minimum Gasteiger partial charge on any atom is -0.338 e. The molecule has 0 atom stereocenters. The van der Waals surface area contributed by atoms with Crippen LogP contribution in [0.2, 0.25) is 0 Å². The third-order valence-corrected chi connectivity index (χ3v) is 5.06. The number of hydrazine groups is 1. The number of carbonyl (C=O) groups is 4. The molecule has 0 radical (unpaired) electrons. The van der Waals surface area contributed by atoms with Crippen LogP contribution in [0.3, 0.4) is 0 Å². The molecule has 0 spiro atoms. The average Bonchev–Trinajstić information content (AvgIpc) is 2.98. The highest BCUT2D eigenvalue weighted by Crippen LogP contribution is 2.15. The molecule has 0 aliphatic carbocycles. The van der Waals surface area contributed by atoms with Gasteiger partial charge in [0.1, 0.15) is 6.54 Å². The number of hydrogen-bond donors (Lipinski definition) is 2. The summed E-state index contributed by atoms with van der Waals surface area (Å²) in [6.07, 6.45) is 4.63. The lowest BCUT2D eigenvalue weighted by Gasteiger charge is -2.20. The molecule has 1 aromatic rings. The molecule has 4 amide bonds. The van der Waals surface area contributed by atoms with Gasteiger partial charge in [-0.2, -0.15) is 0 Å². The highest BCUT2D eigenvalue weighted by atomic mass is 16.2. The first-order valence-corrected chi connectivity index (χ1v) is 9.76. The molecule has 8 nitrogen and oxygen atoms in total. The lowest BCUT2D eigenvalue weighted by atomic mass is 10.1. The number of likely N-dealkylation sites (tertiary alicyclic amines) is 2. The van der Waals surface area contributed by atoms with Crippen molar-refractivity contribution in [2.45, 2.75) is 45.1 Å². The summed E-state index contributed by atoms with van der Waals surface area (Å²) in [6, 6.07) is 6.98. The first kappa shape index (κ1) is 19.9. The molecular formula is C20H26N4O4. The molecule has 0 saturated carbocycles. The quantitative estimate of drug-likeness (QED) is 0.737. The molecule has 0 unspecified atom stereocenters. The van der Waals surface area contributed by atoms with Crippen molar-refractivity contribution < 1.29 is 19.2 Å². The Morgan fingerprint density at radius 1 is 0.893 bits per heavy atom. The average molecular weight is 386 g/mol. The summed E-state index contributed by atoms with van der Waals surface area (Å²) < 4.78 is 0. The van der Waals surface area contributed by atoms with Gasteiger partial charge in [-0.25, -0.2) is 0 Å². The molecule has 1 aromatic carbocycles. The summed E-state index contributed by atoms with van der Waals surface area (Å²) in [6.45, 7) is 1.72. The van der Waals surface area contributed by atoms with Crippen LogP contribution in [-0.4, -0.2) is 53.1 Å². The van der Waals surface area contributed by atoms with Crippen molar-refractivity contribution in [3.8, 4) is 0 Å². The molecule has 8 heteroatoms. The van der Waals surface area contributed by atoms with E-state index in [0.717, 1.165) is 37.8 Å². The molecule has 0 aromatic heterocycles. The zero-order chi connectivity index (χ0) is 19.9. The van der Waals surface area contributed by atoms with Crippen molar-refractivity contribution in [3.05, 3.63) is 35.4 Å². The van der Waals surface area contributed by atoms with Crippen LogP contribution in [0.1, 0.15) is 54.4 Å². The third kappa shape index (κ3) is 5.31. The number of carbonyl (C=O) groups excluding carboxylic acids is 4. The fourth-order valence-electron chi connectivity index (χ4n) is 3.52. The minimum atomic E-state index is -0.440. The maximum absolute atomic E-state index is 12.3. The maximum Gasteiger partial charge on any atom is 0.269 e. The van der Waals surface area contributed by atoms with Gasteiger partial charge in [-0.15, -0.1) is 0 Å². The molecule has 28 heavy (non-hydrogen) atoms. The molecule has 3 rings (SSSR count). The van der Waals surface area contributed by atoms with Crippen LogP contribution in [0.5, 0.6) is 0 Å². The van der Waals surface area contributed by atoms with Gasteiger partial charge in [0.05, 0.1) is 0 Å². The van der Waals surface area contributed by atoms with Crippen molar-refractivity contribution in [2.75, 3.05) is 19.6 Å². The Hall–Kier alpha value is -2.90. The van der Waals surface area contributed by atoms with E-state index < -0.39 is 11.8 Å². The zero-order valence-electron chi connectivity index (χ0n) is 15.9. The Kier molecular flexibility index (Phi) is 6.62. The summed E-state index contributed by atoms with van der Waals surface area (Å²) >= 11 is 0. The molecule has 2 heterocycles. The van der Waals surface area contributed by atoms with Crippen LogP contribution in [0.25, 0.3) is 0 Å². The predicted molar refractivity (Wildman–Crippen MR) is 102 cm³/mol. The lowest BCUT2D eigenvalue weighted by molar-refractivity contribution is -0.135. The van der Waals surface area contributed by atoms with Crippen LogP contribution >= 0.6 is 0 Å². The summed E-state index contributed by atoms with van der Waals surface area (Å²) in [7, 11) is 0. The van der Waals surface area contributed by atoms with Gasteiger partial charge in [0.15, 0.2) is 0 Å². The lowest BCUT2D eigenvalue weighted by Crippen LogP contribution is -2.47. The standard InChI is InChI=1S/C20H26N4O4/c25-17(14-24-10-3-1-2-8-18(24)26)21-22-20(28)16-7-4-6-15(12-16)13-23-11-5-9-19(23)27/h4,6-7,12H,1-3,5,8-11,13-14H2,(H,21,25)(H,22,28). The van der Waals surface area contributed by atoms with Gasteiger partial charge in [-0.1, -0.05) is 18.6 Å². The molecule has 150 valence electrons. The van der Waals surface area contributed by atoms with Crippen molar-refractivity contribution in [3.63, 3.8) is 0 Å². The molecule has 2 N–H and O–H groups in total. The Morgan fingerprint density at radius 3 is 2.43 bits per heavy atom. The Balaban J connectivity index is 1.50. The van der Waals surface area contributed by atoms with E-state index in [1.165, 1.54) is 4.90 Å². The van der Waals surface area contributed by atoms with Crippen molar-refractivity contribution >= 4 is 23.6 Å². The van der Waals surface area contributed by atoms with E-state index in [1.807, 2.05) is 6.07 Å². The van der Waals surface area contributed by atoms with Crippen LogP contribution in [-0.2, 0) is 20.9 Å². The van der Waals surface area contributed by atoms with Crippen molar-refractivity contribution in [2.24, 2.45) is 0 Å². The third-order valence-electron chi connectivity index (χ3n) is 5.06. The second-order valence-electron chi connectivity index (χ2n) is 7.25. The van der Waals surface area contributed by atoms with E-state index in [4.69, 9.17) is 0 Å². The van der Waals surface area contributed by atoms with Crippen molar-refractivity contribution in [1.82, 2.24) is 20.7 Å². The number of nitrogens with one attached hydrogen (secondary N) is 2. The summed E-state index contributed by atoms with van der Waals surface area (Å²) in [4.78, 5) is 51.4. The Bertz CT molecular complexity index is 764. The maximum atomic E-state index is 12.3. The fraction of sp³-hybridized carbons (Fsp3) is 0.500. The van der Waals surface area contributed by atoms with Crippen LogP contribution in [0, 0.1) is 0 Å². The van der Waals surface area contributed by atoms with Crippen LogP contribution < -0.4 is 10.9 Å². The monoisotopic (exact) mass is 386 g/mol. The van der Waals surface area contributed by atoms with E-state index in [-0.39, 0.29) is 18.4 Å². The van der Waals surface area contributed by atoms with Gasteiger partial charge in [0.25, 0.3) is 11.8 Å². The van der Waals surface area contributed by atoms with E-state index >= 15 is 0 Å². The molecule has 0 bridgehead atoms. The van der Waals surface area contributed by atoms with Crippen LogP contribution in [0.4, 0.5) is 0 Å². The first-order chi connectivity index (χ1) is 13.5. The predicted octanol–water partition coefficient (Wildman–Crippen LogP) is 0.973. The number of rotatable bonds is 5. The number of amides is 4. The zero-order valence-corrected chi connectivity index (χ0v) is 15.9. The van der Waals surface area contributed by atoms with Gasteiger partial charge in [0.2, 0.25) is 11.8 Å². The fourth-order valence-corrected chi connectivity index (χ4v) is 3.52. The van der Waals surface area contributed by atoms with Crippen LogP contribution in [0.15, 0.2) is 24.3 Å². The van der Waals surface area contributed by atoms with E-state index in [2.05, 4.69) is 10.9 Å². The van der Waals surface area contributed by atoms with Gasteiger partial charge >= 0.3 is 0 Å². The second-order valence-corrected chi connectivity index (χ2v) is 7.25. The van der Waals surface area contributed by atoms with Gasteiger partial charge in [-0.3, -0.25) is 30.0 Å². The summed E-state index contributed by atoms with van der Waals surface area (Å²) in [5.41, 5.74) is 6.03. The van der Waals surface area contributed by atoms with Gasteiger partial charge in [0, 0.05) is 38.0 Å². The topological polar surface area (TPSA) is 98.8 Å². The number of hydrogen-bond acceptors (Lipinski definition) is 4. The van der Waals surface area contributed by atoms with Crippen molar-refractivity contribution in [1.29, 1.82) is 0 Å². The molecule has 2 saturated heterocycles. The molecule has 2 aliphatic heterocycles. The first-order valence-electron chi connectivity index (χ1n) is 9.76. The normalized spacial score (nSPS) is 17.4. The Labute approximate surface area is 164 Å². The van der Waals surface area contributed by atoms with Gasteiger partial charge < -0.3 is 9.80 Å². The number of benzene rings is 1. The summed E-state index contributed by atoms with van der Waals surface area (Å²) in [5.74, 6) is -0.763.